The minimum atomic E-state index is -3.19. The number of amides is 1. The van der Waals surface area contributed by atoms with Gasteiger partial charge in [-0.2, -0.15) is 0 Å². The predicted octanol–water partition coefficient (Wildman–Crippen LogP) is 2.83. The monoisotopic (exact) mass is 368 g/mol. The third-order valence-corrected chi connectivity index (χ3v) is 7.13. The van der Waals surface area contributed by atoms with Gasteiger partial charge in [-0.25, -0.2) is 13.4 Å². The van der Waals surface area contributed by atoms with E-state index in [-0.39, 0.29) is 11.9 Å². The van der Waals surface area contributed by atoms with Crippen molar-refractivity contribution in [1.29, 1.82) is 0 Å². The normalized spacial score (nSPS) is 21.6. The van der Waals surface area contributed by atoms with Crippen molar-refractivity contribution in [3.63, 3.8) is 0 Å². The topological polar surface area (TPSA) is 80.5 Å². The summed E-state index contributed by atoms with van der Waals surface area (Å²) in [5.74, 6) is 0.430. The van der Waals surface area contributed by atoms with Crippen LogP contribution in [0, 0.1) is 0 Å². The van der Waals surface area contributed by atoms with E-state index in [1.165, 1.54) is 23.8 Å². The lowest BCUT2D eigenvalue weighted by Gasteiger charge is -2.36. The van der Waals surface area contributed by atoms with Gasteiger partial charge in [-0.05, 0) is 25.0 Å². The first-order valence-corrected chi connectivity index (χ1v) is 10.6. The molecule has 2 aromatic heterocycles. The highest BCUT2D eigenvalue weighted by Gasteiger charge is 2.37. The molecule has 2 atom stereocenters. The maximum Gasteiger partial charge on any atom is 0.265 e. The largest absolute Gasteiger partial charge is 0.462 e. The Morgan fingerprint density at radius 1 is 1.38 bits per heavy atom. The number of furan rings is 1. The van der Waals surface area contributed by atoms with Crippen LogP contribution in [-0.4, -0.2) is 48.8 Å². The van der Waals surface area contributed by atoms with Gasteiger partial charge in [0.15, 0.2) is 20.6 Å². The number of aromatic nitrogens is 1. The molecule has 0 N–H and O–H groups in total. The molecule has 1 aliphatic rings. The lowest BCUT2D eigenvalue weighted by molar-refractivity contribution is 0.0705. The molecule has 1 aliphatic carbocycles. The molecule has 1 amide bonds. The fraction of sp³-hybridized carbons (Fsp3) is 0.500. The van der Waals surface area contributed by atoms with Crippen LogP contribution in [-0.2, 0) is 9.84 Å². The molecular formula is C16H20N2O4S2. The van der Waals surface area contributed by atoms with E-state index < -0.39 is 15.1 Å². The molecule has 24 heavy (non-hydrogen) atoms. The van der Waals surface area contributed by atoms with Crippen molar-refractivity contribution in [3.05, 3.63) is 29.5 Å². The minimum absolute atomic E-state index is 0.189. The third-order valence-electron chi connectivity index (χ3n) is 4.48. The zero-order valence-corrected chi connectivity index (χ0v) is 15.3. The summed E-state index contributed by atoms with van der Waals surface area (Å²) < 4.78 is 29.4. The molecule has 3 rings (SSSR count). The first kappa shape index (κ1) is 17.2. The third kappa shape index (κ3) is 3.39. The first-order valence-electron chi connectivity index (χ1n) is 7.83. The van der Waals surface area contributed by atoms with E-state index in [1.54, 1.807) is 30.3 Å². The number of rotatable bonds is 4. The summed E-state index contributed by atoms with van der Waals surface area (Å²) in [7, 11) is -1.50. The van der Waals surface area contributed by atoms with Crippen molar-refractivity contribution in [2.45, 2.75) is 37.0 Å². The highest BCUT2D eigenvalue weighted by molar-refractivity contribution is 7.91. The standard InChI is InChI=1S/C16H20N2O4S2/c1-18(11-6-3-4-8-14(11)24(2,20)21)16(19)13-10-17-15(23-13)12-7-5-9-22-12/h5,7,9-11,14H,3-4,6,8H2,1-2H3. The highest BCUT2D eigenvalue weighted by Crippen LogP contribution is 2.30. The maximum atomic E-state index is 12.8. The van der Waals surface area contributed by atoms with Crippen molar-refractivity contribution in [2.75, 3.05) is 13.3 Å². The van der Waals surface area contributed by atoms with Crippen LogP contribution in [0.5, 0.6) is 0 Å². The number of hydrogen-bond acceptors (Lipinski definition) is 6. The van der Waals surface area contributed by atoms with E-state index in [2.05, 4.69) is 4.98 Å². The van der Waals surface area contributed by atoms with Gasteiger partial charge in [0.1, 0.15) is 4.88 Å². The fourth-order valence-electron chi connectivity index (χ4n) is 3.23. The Bertz CT molecular complexity index is 811. The second kappa shape index (κ2) is 6.68. The molecule has 0 saturated heterocycles. The van der Waals surface area contributed by atoms with E-state index >= 15 is 0 Å². The van der Waals surface area contributed by atoms with Crippen LogP contribution in [0.2, 0.25) is 0 Å². The summed E-state index contributed by atoms with van der Waals surface area (Å²) in [6, 6.07) is 3.27. The van der Waals surface area contributed by atoms with Crippen molar-refractivity contribution < 1.29 is 17.6 Å². The predicted molar refractivity (Wildman–Crippen MR) is 92.8 cm³/mol. The van der Waals surface area contributed by atoms with Gasteiger partial charge in [0, 0.05) is 19.3 Å². The maximum absolute atomic E-state index is 12.8. The molecule has 2 unspecified atom stereocenters. The number of carbonyl (C=O) groups is 1. The minimum Gasteiger partial charge on any atom is -0.462 e. The van der Waals surface area contributed by atoms with Crippen LogP contribution < -0.4 is 0 Å². The van der Waals surface area contributed by atoms with Crippen molar-refractivity contribution in [2.24, 2.45) is 0 Å². The van der Waals surface area contributed by atoms with Gasteiger partial charge >= 0.3 is 0 Å². The van der Waals surface area contributed by atoms with Gasteiger partial charge in [-0.1, -0.05) is 12.8 Å². The van der Waals surface area contributed by atoms with E-state index in [1.807, 2.05) is 0 Å². The van der Waals surface area contributed by atoms with Crippen LogP contribution in [0.3, 0.4) is 0 Å². The summed E-state index contributed by atoms with van der Waals surface area (Å²) in [5.41, 5.74) is 0. The fourth-order valence-corrected chi connectivity index (χ4v) is 5.58. The Morgan fingerprint density at radius 3 is 2.79 bits per heavy atom. The van der Waals surface area contributed by atoms with Crippen LogP contribution >= 0.6 is 11.3 Å². The summed E-state index contributed by atoms with van der Waals surface area (Å²) in [4.78, 5) is 19.1. The smallest absolute Gasteiger partial charge is 0.265 e. The number of nitrogens with zero attached hydrogens (tertiary/aromatic N) is 2. The second-order valence-corrected chi connectivity index (χ2v) is 9.44. The molecular weight excluding hydrogens is 348 g/mol. The lowest BCUT2D eigenvalue weighted by atomic mass is 9.93. The number of hydrogen-bond donors (Lipinski definition) is 0. The summed E-state index contributed by atoms with van der Waals surface area (Å²) in [5, 5.41) is 0.151. The van der Waals surface area contributed by atoms with Crippen LogP contribution in [0.25, 0.3) is 10.8 Å². The van der Waals surface area contributed by atoms with Crippen LogP contribution in [0.4, 0.5) is 0 Å². The van der Waals surface area contributed by atoms with Gasteiger partial charge in [0.25, 0.3) is 5.91 Å². The molecule has 1 fully saturated rings. The Kier molecular flexibility index (Phi) is 4.78. The van der Waals surface area contributed by atoms with Gasteiger partial charge in [0.2, 0.25) is 0 Å². The molecule has 6 nitrogen and oxygen atoms in total. The molecule has 130 valence electrons. The highest BCUT2D eigenvalue weighted by atomic mass is 32.2. The quantitative estimate of drug-likeness (QED) is 0.829. The Labute approximate surface area is 145 Å². The summed E-state index contributed by atoms with van der Waals surface area (Å²) in [6.45, 7) is 0. The van der Waals surface area contributed by atoms with E-state index in [0.717, 1.165) is 12.8 Å². The van der Waals surface area contributed by atoms with Gasteiger partial charge in [-0.3, -0.25) is 4.79 Å². The second-order valence-electron chi connectivity index (χ2n) is 6.14. The Balaban J connectivity index is 1.81. The zero-order valence-electron chi connectivity index (χ0n) is 13.6. The molecule has 0 bridgehead atoms. The van der Waals surface area contributed by atoms with E-state index in [9.17, 15) is 13.2 Å². The summed E-state index contributed by atoms with van der Waals surface area (Å²) >= 11 is 1.25. The average Bonchev–Trinajstić information content (AvgIpc) is 3.23. The SMILES string of the molecule is CN(C(=O)c1cnc(-c2ccco2)s1)C1CCCCC1S(C)(=O)=O. The first-order chi connectivity index (χ1) is 11.4. The molecule has 0 aromatic carbocycles. The van der Waals surface area contributed by atoms with Crippen molar-refractivity contribution in [3.8, 4) is 10.8 Å². The van der Waals surface area contributed by atoms with E-state index in [0.29, 0.717) is 28.5 Å². The molecule has 0 aliphatic heterocycles. The van der Waals surface area contributed by atoms with Crippen LogP contribution in [0.15, 0.2) is 29.0 Å². The van der Waals surface area contributed by atoms with Crippen LogP contribution in [0.1, 0.15) is 35.4 Å². The van der Waals surface area contributed by atoms with E-state index in [4.69, 9.17) is 4.42 Å². The molecule has 0 radical (unpaired) electrons. The summed E-state index contributed by atoms with van der Waals surface area (Å²) in [6.07, 6.45) is 7.50. The molecule has 1 saturated carbocycles. The number of thiazole rings is 1. The number of sulfone groups is 1. The Hall–Kier alpha value is -1.67. The lowest BCUT2D eigenvalue weighted by Crippen LogP contribution is -2.49. The Morgan fingerprint density at radius 2 is 2.12 bits per heavy atom. The molecule has 2 aromatic rings. The number of carbonyl (C=O) groups excluding carboxylic acids is 1. The average molecular weight is 368 g/mol. The van der Waals surface area contributed by atoms with Gasteiger partial charge in [-0.15, -0.1) is 11.3 Å². The molecule has 8 heteroatoms. The molecule has 2 heterocycles. The zero-order chi connectivity index (χ0) is 17.3. The van der Waals surface area contributed by atoms with Crippen molar-refractivity contribution >= 4 is 27.1 Å². The van der Waals surface area contributed by atoms with Gasteiger partial charge < -0.3 is 9.32 Å². The van der Waals surface area contributed by atoms with Gasteiger partial charge in [0.05, 0.1) is 17.7 Å². The van der Waals surface area contributed by atoms with Crippen molar-refractivity contribution in [1.82, 2.24) is 9.88 Å². The molecule has 0 spiro atoms.